The first-order chi connectivity index (χ1) is 8.36. The summed E-state index contributed by atoms with van der Waals surface area (Å²) in [5, 5.41) is 0. The zero-order valence-electron chi connectivity index (χ0n) is 11.2. The predicted molar refractivity (Wildman–Crippen MR) is 72.0 cm³/mol. The third kappa shape index (κ3) is 4.59. The molecular weight excluding hydrogens is 210 g/mol. The molecular formula is C15H29NO. The van der Waals surface area contributed by atoms with Crippen LogP contribution in [0.2, 0.25) is 0 Å². The van der Waals surface area contributed by atoms with Gasteiger partial charge in [0.05, 0.1) is 6.10 Å². The molecule has 0 amide bonds. The normalized spacial score (nSPS) is 33.0. The predicted octanol–water partition coefficient (Wildman–Crippen LogP) is 3.63. The molecule has 0 radical (unpaired) electrons. The van der Waals surface area contributed by atoms with Crippen molar-refractivity contribution in [3.05, 3.63) is 0 Å². The molecule has 2 fully saturated rings. The van der Waals surface area contributed by atoms with Gasteiger partial charge in [-0.3, -0.25) is 0 Å². The molecule has 2 aliphatic rings. The van der Waals surface area contributed by atoms with E-state index in [0.717, 1.165) is 18.9 Å². The minimum absolute atomic E-state index is 0.291. The molecule has 2 atom stereocenters. The Morgan fingerprint density at radius 3 is 2.12 bits per heavy atom. The number of ether oxygens (including phenoxy) is 1. The lowest BCUT2D eigenvalue weighted by Crippen LogP contribution is -2.38. The highest BCUT2D eigenvalue weighted by atomic mass is 16.5. The van der Waals surface area contributed by atoms with E-state index in [4.69, 9.17) is 10.5 Å². The summed E-state index contributed by atoms with van der Waals surface area (Å²) >= 11 is 0. The van der Waals surface area contributed by atoms with Crippen molar-refractivity contribution in [2.75, 3.05) is 6.61 Å². The molecule has 2 unspecified atom stereocenters. The Hall–Kier alpha value is -0.0800. The van der Waals surface area contributed by atoms with E-state index in [-0.39, 0.29) is 0 Å². The van der Waals surface area contributed by atoms with Crippen molar-refractivity contribution in [3.63, 3.8) is 0 Å². The number of rotatable bonds is 3. The van der Waals surface area contributed by atoms with Crippen LogP contribution in [0.5, 0.6) is 0 Å². The van der Waals surface area contributed by atoms with E-state index in [9.17, 15) is 0 Å². The van der Waals surface area contributed by atoms with Crippen molar-refractivity contribution in [2.24, 2.45) is 11.7 Å². The van der Waals surface area contributed by atoms with Crippen LogP contribution in [0.4, 0.5) is 0 Å². The average Bonchev–Trinajstić information content (AvgIpc) is 2.35. The molecule has 100 valence electrons. The van der Waals surface area contributed by atoms with Gasteiger partial charge in [-0.1, -0.05) is 44.9 Å². The highest BCUT2D eigenvalue weighted by Gasteiger charge is 2.22. The van der Waals surface area contributed by atoms with Gasteiger partial charge in [0.1, 0.15) is 0 Å². The van der Waals surface area contributed by atoms with E-state index in [0.29, 0.717) is 12.1 Å². The smallest absolute Gasteiger partial charge is 0.0726 e. The Morgan fingerprint density at radius 2 is 1.35 bits per heavy atom. The van der Waals surface area contributed by atoms with Crippen LogP contribution >= 0.6 is 0 Å². The molecule has 2 saturated carbocycles. The minimum Gasteiger partial charge on any atom is -0.376 e. The summed E-state index contributed by atoms with van der Waals surface area (Å²) < 4.78 is 6.15. The van der Waals surface area contributed by atoms with Gasteiger partial charge >= 0.3 is 0 Å². The Balaban J connectivity index is 1.71. The second-order valence-corrected chi connectivity index (χ2v) is 6.03. The molecule has 2 heteroatoms. The summed E-state index contributed by atoms with van der Waals surface area (Å²) in [5.74, 6) is 0.821. The zero-order chi connectivity index (χ0) is 11.9. The number of nitrogens with two attached hydrogens (primary N) is 1. The van der Waals surface area contributed by atoms with Crippen LogP contribution in [0.25, 0.3) is 0 Å². The highest BCUT2D eigenvalue weighted by Crippen LogP contribution is 2.25. The molecule has 0 bridgehead atoms. The fraction of sp³-hybridized carbons (Fsp3) is 1.00. The number of hydrogen-bond acceptors (Lipinski definition) is 2. The summed E-state index contributed by atoms with van der Waals surface area (Å²) in [7, 11) is 0. The maximum atomic E-state index is 6.24. The molecule has 0 heterocycles. The topological polar surface area (TPSA) is 35.2 Å². The minimum atomic E-state index is 0.291. The van der Waals surface area contributed by atoms with E-state index >= 15 is 0 Å². The van der Waals surface area contributed by atoms with Gasteiger partial charge in [-0.15, -0.1) is 0 Å². The molecule has 0 aromatic rings. The lowest BCUT2D eigenvalue weighted by molar-refractivity contribution is -0.00331. The van der Waals surface area contributed by atoms with Crippen LogP contribution < -0.4 is 5.73 Å². The lowest BCUT2D eigenvalue weighted by Gasteiger charge is -2.29. The quantitative estimate of drug-likeness (QED) is 0.816. The van der Waals surface area contributed by atoms with Crippen LogP contribution in [-0.4, -0.2) is 18.8 Å². The van der Waals surface area contributed by atoms with Crippen LogP contribution in [-0.2, 0) is 4.74 Å². The van der Waals surface area contributed by atoms with Gasteiger partial charge in [-0.05, 0) is 31.6 Å². The van der Waals surface area contributed by atoms with Gasteiger partial charge in [-0.2, -0.15) is 0 Å². The van der Waals surface area contributed by atoms with Gasteiger partial charge < -0.3 is 10.5 Å². The molecule has 2 rings (SSSR count). The van der Waals surface area contributed by atoms with E-state index in [2.05, 4.69) is 0 Å². The molecule has 0 spiro atoms. The summed E-state index contributed by atoms with van der Waals surface area (Å²) in [6.45, 7) is 0.971. The fourth-order valence-corrected chi connectivity index (χ4v) is 3.30. The third-order valence-electron chi connectivity index (χ3n) is 4.52. The fourth-order valence-electron chi connectivity index (χ4n) is 3.30. The van der Waals surface area contributed by atoms with E-state index in [1.807, 2.05) is 0 Å². The zero-order valence-corrected chi connectivity index (χ0v) is 11.2. The van der Waals surface area contributed by atoms with Gasteiger partial charge in [0.2, 0.25) is 0 Å². The number of hydrogen-bond donors (Lipinski definition) is 1. The van der Waals surface area contributed by atoms with E-state index < -0.39 is 0 Å². The Morgan fingerprint density at radius 1 is 0.765 bits per heavy atom. The van der Waals surface area contributed by atoms with Crippen LogP contribution in [0.1, 0.15) is 70.6 Å². The Bertz CT molecular complexity index is 201. The van der Waals surface area contributed by atoms with Crippen LogP contribution in [0.15, 0.2) is 0 Å². The van der Waals surface area contributed by atoms with Gasteiger partial charge in [0, 0.05) is 12.6 Å². The molecule has 17 heavy (non-hydrogen) atoms. The molecule has 0 aromatic carbocycles. The largest absolute Gasteiger partial charge is 0.376 e. The molecule has 0 saturated heterocycles. The molecule has 0 aromatic heterocycles. The van der Waals surface area contributed by atoms with Crippen molar-refractivity contribution in [1.82, 2.24) is 0 Å². The third-order valence-corrected chi connectivity index (χ3v) is 4.52. The summed E-state index contributed by atoms with van der Waals surface area (Å²) in [6.07, 6.45) is 15.0. The second-order valence-electron chi connectivity index (χ2n) is 6.03. The first-order valence-electron chi connectivity index (χ1n) is 7.73. The molecule has 2 nitrogen and oxygen atoms in total. The maximum Gasteiger partial charge on any atom is 0.0726 e. The molecule has 2 N–H and O–H groups in total. The maximum absolute atomic E-state index is 6.24. The summed E-state index contributed by atoms with van der Waals surface area (Å²) in [5.41, 5.74) is 6.24. The van der Waals surface area contributed by atoms with E-state index in [1.165, 1.54) is 64.2 Å². The van der Waals surface area contributed by atoms with Crippen molar-refractivity contribution < 1.29 is 4.74 Å². The standard InChI is InChI=1S/C15H29NO/c16-14-10-6-1-2-7-11-15(14)17-12-13-8-4-3-5-9-13/h13-15H,1-12,16H2. The Kier molecular flexibility index (Phi) is 5.79. The molecule has 2 aliphatic carbocycles. The Labute approximate surface area is 106 Å². The highest BCUT2D eigenvalue weighted by molar-refractivity contribution is 4.77. The lowest BCUT2D eigenvalue weighted by atomic mass is 9.89. The summed E-state index contributed by atoms with van der Waals surface area (Å²) in [4.78, 5) is 0. The van der Waals surface area contributed by atoms with Crippen molar-refractivity contribution in [1.29, 1.82) is 0 Å². The van der Waals surface area contributed by atoms with Crippen molar-refractivity contribution in [3.8, 4) is 0 Å². The van der Waals surface area contributed by atoms with Crippen molar-refractivity contribution in [2.45, 2.75) is 82.8 Å². The SMILES string of the molecule is NC1CCCCCCC1OCC1CCCCC1. The van der Waals surface area contributed by atoms with Crippen LogP contribution in [0, 0.1) is 5.92 Å². The average molecular weight is 239 g/mol. The summed E-state index contributed by atoms with van der Waals surface area (Å²) in [6, 6.07) is 0.291. The first-order valence-corrected chi connectivity index (χ1v) is 7.73. The van der Waals surface area contributed by atoms with E-state index in [1.54, 1.807) is 0 Å². The van der Waals surface area contributed by atoms with Gasteiger partial charge in [-0.25, -0.2) is 0 Å². The van der Waals surface area contributed by atoms with Crippen LogP contribution in [0.3, 0.4) is 0 Å². The first kappa shape index (κ1) is 13.4. The van der Waals surface area contributed by atoms with Gasteiger partial charge in [0.15, 0.2) is 0 Å². The van der Waals surface area contributed by atoms with Gasteiger partial charge in [0.25, 0.3) is 0 Å². The second kappa shape index (κ2) is 7.38. The van der Waals surface area contributed by atoms with Crippen molar-refractivity contribution >= 4 is 0 Å². The monoisotopic (exact) mass is 239 g/mol. The molecule has 0 aliphatic heterocycles.